The van der Waals surface area contributed by atoms with Crippen molar-refractivity contribution in [3.05, 3.63) is 60.2 Å². The number of rotatable bonds is 4. The molecule has 0 atom stereocenters. The minimum atomic E-state index is -4.34. The number of anilines is 1. The first-order valence-corrected chi connectivity index (χ1v) is 9.30. The van der Waals surface area contributed by atoms with Crippen LogP contribution in [0.4, 0.5) is 18.9 Å². The summed E-state index contributed by atoms with van der Waals surface area (Å²) in [5, 5.41) is 0. The van der Waals surface area contributed by atoms with Crippen molar-refractivity contribution >= 4 is 23.4 Å². The predicted octanol–water partition coefficient (Wildman–Crippen LogP) is 4.15. The Kier molecular flexibility index (Phi) is 5.76. The molecule has 0 bridgehead atoms. The maximum absolute atomic E-state index is 12.9. The maximum Gasteiger partial charge on any atom is 0.416 e. The van der Waals surface area contributed by atoms with Crippen molar-refractivity contribution in [2.45, 2.75) is 11.1 Å². The van der Waals surface area contributed by atoms with Crippen LogP contribution in [0.5, 0.6) is 0 Å². The van der Waals surface area contributed by atoms with E-state index in [1.54, 1.807) is 11.0 Å². The Morgan fingerprint density at radius 2 is 1.65 bits per heavy atom. The minimum Gasteiger partial charge on any atom is -0.368 e. The summed E-state index contributed by atoms with van der Waals surface area (Å²) >= 11 is 1.49. The van der Waals surface area contributed by atoms with E-state index in [1.807, 2.05) is 35.2 Å². The van der Waals surface area contributed by atoms with Crippen LogP contribution < -0.4 is 4.90 Å². The lowest BCUT2D eigenvalue weighted by Crippen LogP contribution is -2.49. The van der Waals surface area contributed by atoms with Gasteiger partial charge in [0.05, 0.1) is 11.3 Å². The molecule has 0 aromatic heterocycles. The molecule has 3 rings (SSSR count). The number of nitrogens with zero attached hydrogens (tertiary/aromatic N) is 2. The van der Waals surface area contributed by atoms with Crippen molar-refractivity contribution in [2.24, 2.45) is 0 Å². The molecule has 0 unspecified atom stereocenters. The molecular weight excluding hydrogens is 361 g/mol. The Labute approximate surface area is 154 Å². The minimum absolute atomic E-state index is 0.0579. The standard InChI is InChI=1S/C19H19F3N2OS/c20-19(21,22)15-5-4-6-16(13-15)23-9-11-24(12-10-23)18(25)14-26-17-7-2-1-3-8-17/h1-8,13H,9-12,14H2. The van der Waals surface area contributed by atoms with E-state index in [-0.39, 0.29) is 5.91 Å². The highest BCUT2D eigenvalue weighted by atomic mass is 32.2. The zero-order valence-corrected chi connectivity index (χ0v) is 14.9. The second kappa shape index (κ2) is 8.03. The van der Waals surface area contributed by atoms with Crippen LogP contribution in [0, 0.1) is 0 Å². The Morgan fingerprint density at radius 1 is 0.962 bits per heavy atom. The van der Waals surface area contributed by atoms with E-state index in [1.165, 1.54) is 23.9 Å². The number of carbonyl (C=O) groups is 1. The number of hydrogen-bond donors (Lipinski definition) is 0. The fraction of sp³-hybridized carbons (Fsp3) is 0.316. The number of alkyl halides is 3. The number of piperazine rings is 1. The molecule has 3 nitrogen and oxygen atoms in total. The average molecular weight is 380 g/mol. The summed E-state index contributed by atoms with van der Waals surface area (Å²) in [7, 11) is 0. The largest absolute Gasteiger partial charge is 0.416 e. The van der Waals surface area contributed by atoms with E-state index in [2.05, 4.69) is 0 Å². The molecule has 1 saturated heterocycles. The van der Waals surface area contributed by atoms with E-state index in [0.29, 0.717) is 37.6 Å². The Balaban J connectivity index is 1.53. The third kappa shape index (κ3) is 4.72. The Bertz CT molecular complexity index is 744. The smallest absolute Gasteiger partial charge is 0.368 e. The quantitative estimate of drug-likeness (QED) is 0.745. The average Bonchev–Trinajstić information content (AvgIpc) is 2.66. The highest BCUT2D eigenvalue weighted by molar-refractivity contribution is 8.00. The molecule has 0 spiro atoms. The molecule has 0 N–H and O–H groups in total. The van der Waals surface area contributed by atoms with Gasteiger partial charge in [0.2, 0.25) is 5.91 Å². The highest BCUT2D eigenvalue weighted by Gasteiger charge is 2.31. The van der Waals surface area contributed by atoms with E-state index >= 15 is 0 Å². The maximum atomic E-state index is 12.9. The van der Waals surface area contributed by atoms with Gasteiger partial charge in [0, 0.05) is 36.8 Å². The number of hydrogen-bond acceptors (Lipinski definition) is 3. The summed E-state index contributed by atoms with van der Waals surface area (Å²) in [5.41, 5.74) is -0.0987. The molecule has 7 heteroatoms. The second-order valence-electron chi connectivity index (χ2n) is 6.02. The molecule has 0 saturated carbocycles. The van der Waals surface area contributed by atoms with Crippen molar-refractivity contribution in [3.63, 3.8) is 0 Å². The summed E-state index contributed by atoms with van der Waals surface area (Å²) in [6.45, 7) is 2.10. The molecule has 1 aliphatic heterocycles. The number of benzene rings is 2. The summed E-state index contributed by atoms with van der Waals surface area (Å²) in [4.78, 5) is 17.1. The lowest BCUT2D eigenvalue weighted by molar-refractivity contribution is -0.137. The van der Waals surface area contributed by atoms with Gasteiger partial charge in [-0.3, -0.25) is 4.79 Å². The third-order valence-electron chi connectivity index (χ3n) is 4.28. The molecule has 1 heterocycles. The van der Waals surface area contributed by atoms with Gasteiger partial charge < -0.3 is 9.80 Å². The van der Waals surface area contributed by atoms with Crippen LogP contribution in [-0.4, -0.2) is 42.7 Å². The molecular formula is C19H19F3N2OS. The van der Waals surface area contributed by atoms with Crippen LogP contribution in [0.2, 0.25) is 0 Å². The van der Waals surface area contributed by atoms with Gasteiger partial charge >= 0.3 is 6.18 Å². The third-order valence-corrected chi connectivity index (χ3v) is 5.27. The highest BCUT2D eigenvalue weighted by Crippen LogP contribution is 2.32. The van der Waals surface area contributed by atoms with Crippen LogP contribution >= 0.6 is 11.8 Å². The van der Waals surface area contributed by atoms with Crippen molar-refractivity contribution < 1.29 is 18.0 Å². The summed E-state index contributed by atoms with van der Waals surface area (Å²) in [6, 6.07) is 15.1. The van der Waals surface area contributed by atoms with Crippen LogP contribution in [0.3, 0.4) is 0 Å². The number of halogens is 3. The first-order valence-electron chi connectivity index (χ1n) is 8.31. The Hall–Kier alpha value is -2.15. The lowest BCUT2D eigenvalue weighted by atomic mass is 10.1. The summed E-state index contributed by atoms with van der Waals surface area (Å²) < 4.78 is 38.6. The number of carbonyl (C=O) groups excluding carboxylic acids is 1. The van der Waals surface area contributed by atoms with Crippen LogP contribution in [-0.2, 0) is 11.0 Å². The van der Waals surface area contributed by atoms with Gasteiger partial charge in [-0.15, -0.1) is 11.8 Å². The van der Waals surface area contributed by atoms with Gasteiger partial charge in [-0.05, 0) is 30.3 Å². The molecule has 1 aliphatic rings. The van der Waals surface area contributed by atoms with Gasteiger partial charge in [-0.1, -0.05) is 24.3 Å². The monoisotopic (exact) mass is 380 g/mol. The molecule has 26 heavy (non-hydrogen) atoms. The van der Waals surface area contributed by atoms with E-state index in [4.69, 9.17) is 0 Å². The van der Waals surface area contributed by atoms with Crippen LogP contribution in [0.1, 0.15) is 5.56 Å². The zero-order valence-electron chi connectivity index (χ0n) is 14.1. The lowest BCUT2D eigenvalue weighted by Gasteiger charge is -2.36. The molecule has 1 fully saturated rings. The van der Waals surface area contributed by atoms with Crippen LogP contribution in [0.15, 0.2) is 59.5 Å². The second-order valence-corrected chi connectivity index (χ2v) is 7.07. The molecule has 2 aromatic carbocycles. The first kappa shape index (κ1) is 18.6. The fourth-order valence-electron chi connectivity index (χ4n) is 2.85. The molecule has 0 aliphatic carbocycles. The summed E-state index contributed by atoms with van der Waals surface area (Å²) in [6.07, 6.45) is -4.34. The van der Waals surface area contributed by atoms with Crippen molar-refractivity contribution in [2.75, 3.05) is 36.8 Å². The number of thioether (sulfide) groups is 1. The van der Waals surface area contributed by atoms with Crippen molar-refractivity contribution in [1.29, 1.82) is 0 Å². The van der Waals surface area contributed by atoms with Crippen molar-refractivity contribution in [3.8, 4) is 0 Å². The fourth-order valence-corrected chi connectivity index (χ4v) is 3.67. The normalized spacial score (nSPS) is 15.2. The molecule has 1 amide bonds. The van der Waals surface area contributed by atoms with Gasteiger partial charge in [0.15, 0.2) is 0 Å². The summed E-state index contributed by atoms with van der Waals surface area (Å²) in [5.74, 6) is 0.427. The van der Waals surface area contributed by atoms with Gasteiger partial charge in [0.1, 0.15) is 0 Å². The van der Waals surface area contributed by atoms with E-state index < -0.39 is 11.7 Å². The number of amides is 1. The molecule has 138 valence electrons. The first-order chi connectivity index (χ1) is 12.4. The van der Waals surface area contributed by atoms with E-state index in [0.717, 1.165) is 11.0 Å². The van der Waals surface area contributed by atoms with E-state index in [9.17, 15) is 18.0 Å². The Morgan fingerprint density at radius 3 is 2.31 bits per heavy atom. The predicted molar refractivity (Wildman–Crippen MR) is 97.4 cm³/mol. The van der Waals surface area contributed by atoms with Gasteiger partial charge in [0.25, 0.3) is 0 Å². The van der Waals surface area contributed by atoms with Crippen LogP contribution in [0.25, 0.3) is 0 Å². The molecule has 2 aromatic rings. The van der Waals surface area contributed by atoms with Crippen molar-refractivity contribution in [1.82, 2.24) is 4.90 Å². The topological polar surface area (TPSA) is 23.6 Å². The molecule has 0 radical (unpaired) electrons. The van der Waals surface area contributed by atoms with Gasteiger partial charge in [-0.2, -0.15) is 13.2 Å². The van der Waals surface area contributed by atoms with Gasteiger partial charge in [-0.25, -0.2) is 0 Å². The SMILES string of the molecule is O=C(CSc1ccccc1)N1CCN(c2cccc(C(F)(F)F)c2)CC1. The zero-order chi connectivity index (χ0) is 18.6.